The maximum Gasteiger partial charge on any atom is 0.243 e. The van der Waals surface area contributed by atoms with E-state index >= 15 is 0 Å². The number of piperidine rings is 1. The van der Waals surface area contributed by atoms with Crippen LogP contribution in [0, 0.1) is 23.1 Å². The zero-order chi connectivity index (χ0) is 23.4. The smallest absolute Gasteiger partial charge is 0.243 e. The lowest BCUT2D eigenvalue weighted by molar-refractivity contribution is -0.120. The van der Waals surface area contributed by atoms with E-state index in [-0.39, 0.29) is 35.6 Å². The van der Waals surface area contributed by atoms with Gasteiger partial charge in [-0.15, -0.1) is 11.3 Å². The maximum absolute atomic E-state index is 13.0. The van der Waals surface area contributed by atoms with Crippen LogP contribution in [0.15, 0.2) is 59.6 Å². The fraction of sp³-hybridized carbons (Fsp3) is 0.261. The molecule has 1 amide bonds. The molecule has 0 aliphatic carbocycles. The quantitative estimate of drug-likeness (QED) is 0.574. The highest BCUT2D eigenvalue weighted by Crippen LogP contribution is 2.27. The van der Waals surface area contributed by atoms with Gasteiger partial charge in [0, 0.05) is 36.5 Å². The van der Waals surface area contributed by atoms with Crippen molar-refractivity contribution in [1.29, 1.82) is 5.26 Å². The summed E-state index contributed by atoms with van der Waals surface area (Å²) < 4.78 is 40.1. The van der Waals surface area contributed by atoms with Crippen molar-refractivity contribution in [2.24, 2.45) is 5.92 Å². The third-order valence-corrected chi connectivity index (χ3v) is 8.35. The number of aromatic nitrogens is 1. The Morgan fingerprint density at radius 3 is 2.45 bits per heavy atom. The fourth-order valence-corrected chi connectivity index (χ4v) is 5.99. The summed E-state index contributed by atoms with van der Waals surface area (Å²) in [4.78, 5) is 18.0. The second-order valence-corrected chi connectivity index (χ2v) is 10.8. The van der Waals surface area contributed by atoms with Crippen molar-refractivity contribution in [3.05, 3.63) is 76.5 Å². The maximum atomic E-state index is 13.0. The van der Waals surface area contributed by atoms with Gasteiger partial charge in [-0.25, -0.2) is 17.8 Å². The summed E-state index contributed by atoms with van der Waals surface area (Å²) in [5.41, 5.74) is 1.35. The van der Waals surface area contributed by atoms with E-state index < -0.39 is 10.0 Å². The van der Waals surface area contributed by atoms with Crippen LogP contribution in [-0.4, -0.2) is 36.7 Å². The number of nitriles is 1. The standard InChI is InChI=1S/C23H21FN4O3S2/c24-19-5-1-16(2-6-19)13-20-15-26-23(32-20)27-22(29)18-9-11-28(12-10-18)33(30,31)21-7-3-17(14-25)4-8-21/h1-8,15,18H,9-13H2,(H,26,27,29). The number of nitrogens with zero attached hydrogens (tertiary/aromatic N) is 3. The number of hydrogen-bond donors (Lipinski definition) is 1. The molecule has 10 heteroatoms. The molecule has 0 spiro atoms. The Balaban J connectivity index is 1.32. The van der Waals surface area contributed by atoms with Crippen molar-refractivity contribution >= 4 is 32.4 Å². The van der Waals surface area contributed by atoms with Crippen LogP contribution >= 0.6 is 11.3 Å². The van der Waals surface area contributed by atoms with Crippen LogP contribution in [0.25, 0.3) is 0 Å². The van der Waals surface area contributed by atoms with Gasteiger partial charge >= 0.3 is 0 Å². The first-order valence-corrected chi connectivity index (χ1v) is 12.6. The number of halogens is 1. The minimum Gasteiger partial charge on any atom is -0.302 e. The number of amides is 1. The van der Waals surface area contributed by atoms with Crippen LogP contribution < -0.4 is 5.32 Å². The summed E-state index contributed by atoms with van der Waals surface area (Å²) in [6.45, 7) is 0.488. The first-order valence-electron chi connectivity index (χ1n) is 10.4. The van der Waals surface area contributed by atoms with Gasteiger partial charge < -0.3 is 5.32 Å². The molecule has 2 heterocycles. The molecule has 0 unspecified atom stereocenters. The number of benzene rings is 2. The van der Waals surface area contributed by atoms with Gasteiger partial charge in [-0.2, -0.15) is 9.57 Å². The number of carbonyl (C=O) groups is 1. The molecule has 0 radical (unpaired) electrons. The molecule has 1 fully saturated rings. The number of nitrogens with one attached hydrogen (secondary N) is 1. The third-order valence-electron chi connectivity index (χ3n) is 5.52. The Morgan fingerprint density at radius 2 is 1.82 bits per heavy atom. The second kappa shape index (κ2) is 9.79. The van der Waals surface area contributed by atoms with Gasteiger partial charge in [-0.05, 0) is 54.8 Å². The Hall–Kier alpha value is -3.13. The van der Waals surface area contributed by atoms with Crippen LogP contribution in [0.3, 0.4) is 0 Å². The molecule has 1 N–H and O–H groups in total. The minimum atomic E-state index is -3.67. The molecule has 4 rings (SSSR count). The predicted molar refractivity (Wildman–Crippen MR) is 123 cm³/mol. The van der Waals surface area contributed by atoms with E-state index in [1.807, 2.05) is 6.07 Å². The summed E-state index contributed by atoms with van der Waals surface area (Å²) in [7, 11) is -3.67. The van der Waals surface area contributed by atoms with Crippen molar-refractivity contribution in [3.63, 3.8) is 0 Å². The first kappa shape index (κ1) is 23.0. The number of carbonyl (C=O) groups excluding carboxylic acids is 1. The predicted octanol–water partition coefficient (Wildman–Crippen LogP) is 3.78. The number of rotatable bonds is 6. The highest BCUT2D eigenvalue weighted by molar-refractivity contribution is 7.89. The van der Waals surface area contributed by atoms with Crippen LogP contribution in [0.4, 0.5) is 9.52 Å². The lowest BCUT2D eigenvalue weighted by Crippen LogP contribution is -2.41. The topological polar surface area (TPSA) is 103 Å². The number of sulfonamides is 1. The van der Waals surface area contributed by atoms with Crippen LogP contribution in [-0.2, 0) is 21.2 Å². The summed E-state index contributed by atoms with van der Waals surface area (Å²) in [6, 6.07) is 14.0. The molecule has 0 atom stereocenters. The number of thiazole rings is 1. The SMILES string of the molecule is N#Cc1ccc(S(=O)(=O)N2CCC(C(=O)Nc3ncc(Cc4ccc(F)cc4)s3)CC2)cc1. The van der Waals surface area contributed by atoms with Gasteiger partial charge in [0.2, 0.25) is 15.9 Å². The molecule has 2 aromatic carbocycles. The molecule has 0 bridgehead atoms. The normalized spacial score (nSPS) is 15.2. The monoisotopic (exact) mass is 484 g/mol. The summed E-state index contributed by atoms with van der Waals surface area (Å²) >= 11 is 1.36. The minimum absolute atomic E-state index is 0.140. The lowest BCUT2D eigenvalue weighted by atomic mass is 9.97. The zero-order valence-electron chi connectivity index (χ0n) is 17.6. The van der Waals surface area contributed by atoms with Gasteiger partial charge in [-0.3, -0.25) is 4.79 Å². The molecular formula is C23H21FN4O3S2. The van der Waals surface area contributed by atoms with Crippen molar-refractivity contribution in [1.82, 2.24) is 9.29 Å². The van der Waals surface area contributed by atoms with Gasteiger partial charge in [-0.1, -0.05) is 12.1 Å². The summed E-state index contributed by atoms with van der Waals surface area (Å²) in [5.74, 6) is -0.762. The van der Waals surface area contributed by atoms with Gasteiger partial charge in [0.05, 0.1) is 16.5 Å². The largest absolute Gasteiger partial charge is 0.302 e. The average Bonchev–Trinajstić information content (AvgIpc) is 3.27. The molecule has 33 heavy (non-hydrogen) atoms. The van der Waals surface area contributed by atoms with Gasteiger partial charge in [0.1, 0.15) is 5.82 Å². The Morgan fingerprint density at radius 1 is 1.15 bits per heavy atom. The van der Waals surface area contributed by atoms with Crippen LogP contribution in [0.1, 0.15) is 28.8 Å². The zero-order valence-corrected chi connectivity index (χ0v) is 19.2. The van der Waals surface area contributed by atoms with Gasteiger partial charge in [0.25, 0.3) is 0 Å². The third kappa shape index (κ3) is 5.45. The number of anilines is 1. The Bertz CT molecular complexity index is 1270. The van der Waals surface area contributed by atoms with Crippen LogP contribution in [0.5, 0.6) is 0 Å². The Kier molecular flexibility index (Phi) is 6.83. The molecule has 1 aromatic heterocycles. The van der Waals surface area contributed by atoms with Crippen molar-refractivity contribution in [2.45, 2.75) is 24.2 Å². The first-order chi connectivity index (χ1) is 15.8. The molecule has 0 saturated carbocycles. The van der Waals surface area contributed by atoms with E-state index in [2.05, 4.69) is 10.3 Å². The van der Waals surface area contributed by atoms with E-state index in [1.165, 1.54) is 52.0 Å². The Labute approximate surface area is 195 Å². The molecular weight excluding hydrogens is 463 g/mol. The highest BCUT2D eigenvalue weighted by atomic mass is 32.2. The van der Waals surface area contributed by atoms with Crippen molar-refractivity contribution in [3.8, 4) is 6.07 Å². The van der Waals surface area contributed by atoms with Gasteiger partial charge in [0.15, 0.2) is 5.13 Å². The summed E-state index contributed by atoms with van der Waals surface area (Å²) in [6.07, 6.45) is 3.11. The molecule has 7 nitrogen and oxygen atoms in total. The molecule has 1 aliphatic heterocycles. The van der Waals surface area contributed by atoms with Crippen LogP contribution in [0.2, 0.25) is 0 Å². The second-order valence-electron chi connectivity index (χ2n) is 7.74. The molecule has 1 aliphatic rings. The van der Waals surface area contributed by atoms with Crippen molar-refractivity contribution < 1.29 is 17.6 Å². The number of hydrogen-bond acceptors (Lipinski definition) is 6. The van der Waals surface area contributed by atoms with E-state index in [9.17, 15) is 17.6 Å². The summed E-state index contributed by atoms with van der Waals surface area (Å²) in [5, 5.41) is 12.2. The van der Waals surface area contributed by atoms with E-state index in [0.717, 1.165) is 10.4 Å². The van der Waals surface area contributed by atoms with E-state index in [4.69, 9.17) is 5.26 Å². The van der Waals surface area contributed by atoms with E-state index in [0.29, 0.717) is 30.0 Å². The van der Waals surface area contributed by atoms with Crippen molar-refractivity contribution in [2.75, 3.05) is 18.4 Å². The highest BCUT2D eigenvalue weighted by Gasteiger charge is 2.32. The fourth-order valence-electron chi connectivity index (χ4n) is 3.67. The molecule has 1 saturated heterocycles. The molecule has 170 valence electrons. The lowest BCUT2D eigenvalue weighted by Gasteiger charge is -2.30. The average molecular weight is 485 g/mol. The molecule has 3 aromatic rings. The van der Waals surface area contributed by atoms with E-state index in [1.54, 1.807) is 18.3 Å².